The summed E-state index contributed by atoms with van der Waals surface area (Å²) in [6.07, 6.45) is -4.72. The Hall–Kier alpha value is -2.62. The van der Waals surface area contributed by atoms with E-state index in [2.05, 4.69) is 15.6 Å². The number of fused-ring (bicyclic) bond motifs is 1. The van der Waals surface area contributed by atoms with Crippen LogP contribution in [0.4, 0.5) is 26.3 Å². The minimum absolute atomic E-state index is 0.114. The molecule has 0 radical (unpaired) electrons. The highest BCUT2D eigenvalue weighted by Crippen LogP contribution is 2.45. The van der Waals surface area contributed by atoms with E-state index >= 15 is 0 Å². The molecule has 2 N–H and O–H groups in total. The first-order chi connectivity index (χ1) is 14.8. The van der Waals surface area contributed by atoms with Crippen LogP contribution in [0.2, 0.25) is 0 Å². The zero-order valence-corrected chi connectivity index (χ0v) is 17.2. The lowest BCUT2D eigenvalue weighted by atomic mass is 9.73. The van der Waals surface area contributed by atoms with Gasteiger partial charge in [0, 0.05) is 30.1 Å². The van der Waals surface area contributed by atoms with Crippen LogP contribution in [0.25, 0.3) is 0 Å². The fraction of sp³-hybridized carbons (Fsp3) is 0.455. The smallest absolute Gasteiger partial charge is 0.378 e. The van der Waals surface area contributed by atoms with Crippen LogP contribution in [-0.2, 0) is 17.1 Å². The van der Waals surface area contributed by atoms with Gasteiger partial charge in [0.2, 0.25) is 0 Å². The van der Waals surface area contributed by atoms with Crippen LogP contribution in [0.5, 0.6) is 0 Å². The first-order valence-corrected chi connectivity index (χ1v) is 10.0. The fourth-order valence-electron chi connectivity index (χ4n) is 4.53. The number of nitrogens with one attached hydrogen (secondary N) is 2. The number of benzene rings is 1. The van der Waals surface area contributed by atoms with Gasteiger partial charge in [-0.15, -0.1) is 0 Å². The summed E-state index contributed by atoms with van der Waals surface area (Å²) in [6, 6.07) is -0.601. The molecule has 3 atom stereocenters. The van der Waals surface area contributed by atoms with Gasteiger partial charge in [0.25, 0.3) is 0 Å². The molecule has 3 unspecified atom stereocenters. The van der Waals surface area contributed by atoms with Crippen molar-refractivity contribution in [3.05, 3.63) is 58.4 Å². The molecular weight excluding hydrogens is 436 g/mol. The molecule has 2 aliphatic heterocycles. The van der Waals surface area contributed by atoms with Gasteiger partial charge in [-0.1, -0.05) is 19.9 Å². The molecule has 10 heteroatoms. The molecule has 32 heavy (non-hydrogen) atoms. The number of alkyl halides is 6. The van der Waals surface area contributed by atoms with Crippen LogP contribution in [0.3, 0.4) is 0 Å². The van der Waals surface area contributed by atoms with E-state index in [1.165, 1.54) is 6.20 Å². The second-order valence-corrected chi connectivity index (χ2v) is 9.07. The molecule has 0 fully saturated rings. The van der Waals surface area contributed by atoms with Crippen molar-refractivity contribution in [1.29, 1.82) is 0 Å². The van der Waals surface area contributed by atoms with Crippen LogP contribution in [0.1, 0.15) is 49.4 Å². The first-order valence-electron chi connectivity index (χ1n) is 10.0. The maximum Gasteiger partial charge on any atom is 0.416 e. The van der Waals surface area contributed by atoms with Crippen molar-refractivity contribution in [2.75, 3.05) is 0 Å². The summed E-state index contributed by atoms with van der Waals surface area (Å²) in [7, 11) is 0. The van der Waals surface area contributed by atoms with Gasteiger partial charge in [-0.3, -0.25) is 15.1 Å². The predicted molar refractivity (Wildman–Crippen MR) is 106 cm³/mol. The van der Waals surface area contributed by atoms with Gasteiger partial charge in [0.15, 0.2) is 5.78 Å². The molecule has 0 spiro atoms. The summed E-state index contributed by atoms with van der Waals surface area (Å²) in [5.41, 5.74) is -3.02. The Labute approximate surface area is 180 Å². The number of rotatable bonds is 1. The Kier molecular flexibility index (Phi) is 5.27. The lowest BCUT2D eigenvalue weighted by molar-refractivity contribution is -0.143. The molecule has 3 aliphatic rings. The number of hydrogen-bond donors (Lipinski definition) is 2. The molecule has 4 rings (SSSR count). The fourth-order valence-corrected chi connectivity index (χ4v) is 4.53. The van der Waals surface area contributed by atoms with Gasteiger partial charge in [-0.2, -0.15) is 26.3 Å². The van der Waals surface area contributed by atoms with Gasteiger partial charge < -0.3 is 5.32 Å². The minimum atomic E-state index is -5.04. The second-order valence-electron chi connectivity index (χ2n) is 9.07. The highest BCUT2D eigenvalue weighted by atomic mass is 19.4. The van der Waals surface area contributed by atoms with Gasteiger partial charge in [0.1, 0.15) is 0 Å². The molecule has 0 saturated carbocycles. The van der Waals surface area contributed by atoms with Crippen molar-refractivity contribution >= 4 is 12.0 Å². The molecule has 0 aromatic heterocycles. The van der Waals surface area contributed by atoms with Crippen molar-refractivity contribution < 1.29 is 31.1 Å². The van der Waals surface area contributed by atoms with Gasteiger partial charge >= 0.3 is 12.4 Å². The van der Waals surface area contributed by atoms with Crippen LogP contribution >= 0.6 is 0 Å². The van der Waals surface area contributed by atoms with E-state index in [1.807, 2.05) is 13.8 Å². The third-order valence-corrected chi connectivity index (χ3v) is 5.92. The SMILES string of the molecule is CC1(C)CC(=O)C2=C(C1)NC1C=NC=CC1NC2c1ccc(C(F)(F)F)cc1C(F)(F)F. The van der Waals surface area contributed by atoms with Crippen LogP contribution < -0.4 is 10.6 Å². The molecule has 172 valence electrons. The number of ketones is 1. The van der Waals surface area contributed by atoms with Crippen molar-refractivity contribution in [2.24, 2.45) is 10.4 Å². The van der Waals surface area contributed by atoms with Gasteiger partial charge in [0.05, 0.1) is 29.3 Å². The lowest BCUT2D eigenvalue weighted by Gasteiger charge is -2.35. The number of carbonyl (C=O) groups is 1. The summed E-state index contributed by atoms with van der Waals surface area (Å²) < 4.78 is 81.2. The maximum absolute atomic E-state index is 13.9. The first kappa shape index (κ1) is 22.6. The highest BCUT2D eigenvalue weighted by Gasteiger charge is 2.45. The second kappa shape index (κ2) is 7.47. The molecule has 0 saturated heterocycles. The average Bonchev–Trinajstić information content (AvgIpc) is 2.81. The molecule has 1 aromatic carbocycles. The molecule has 0 amide bonds. The summed E-state index contributed by atoms with van der Waals surface area (Å²) in [5, 5.41) is 6.30. The standard InChI is InChI=1S/C22H21F6N3O/c1-20(2)8-15-18(17(32)9-20)19(31-14-5-6-29-10-16(14)30-15)12-4-3-11(21(23,24)25)7-13(12)22(26,27)28/h3-7,10,14,16,19,30-31H,8-9H2,1-2H3. The number of hydrogen-bond acceptors (Lipinski definition) is 4. The number of Topliss-reactive ketones (excluding diaryl/α,β-unsaturated/α-hetero) is 1. The summed E-state index contributed by atoms with van der Waals surface area (Å²) >= 11 is 0. The molecular formula is C22H21F6N3O. The Balaban J connectivity index is 1.91. The number of aliphatic imine (C=N–C) groups is 1. The monoisotopic (exact) mass is 457 g/mol. The van der Waals surface area contributed by atoms with Crippen LogP contribution in [0.15, 0.2) is 46.7 Å². The lowest BCUT2D eigenvalue weighted by Crippen LogP contribution is -2.47. The van der Waals surface area contributed by atoms with E-state index < -0.39 is 52.6 Å². The van der Waals surface area contributed by atoms with E-state index in [1.54, 1.807) is 12.3 Å². The Morgan fingerprint density at radius 1 is 1.03 bits per heavy atom. The Morgan fingerprint density at radius 3 is 2.41 bits per heavy atom. The third-order valence-electron chi connectivity index (χ3n) is 5.92. The van der Waals surface area contributed by atoms with E-state index in [0.717, 1.165) is 6.07 Å². The third kappa shape index (κ3) is 4.20. The average molecular weight is 457 g/mol. The summed E-state index contributed by atoms with van der Waals surface area (Å²) in [6.45, 7) is 3.77. The molecule has 1 aliphatic carbocycles. The maximum atomic E-state index is 13.9. The Bertz CT molecular complexity index is 1040. The summed E-state index contributed by atoms with van der Waals surface area (Å²) in [5.74, 6) is -0.339. The van der Waals surface area contributed by atoms with Crippen LogP contribution in [-0.4, -0.2) is 24.1 Å². The zero-order chi connectivity index (χ0) is 23.5. The normalized spacial score (nSPS) is 27.5. The molecule has 0 bridgehead atoms. The number of carbonyl (C=O) groups excluding carboxylic acids is 1. The van der Waals surface area contributed by atoms with Gasteiger partial charge in [-0.25, -0.2) is 0 Å². The van der Waals surface area contributed by atoms with Crippen molar-refractivity contribution in [1.82, 2.24) is 10.6 Å². The number of nitrogens with zero attached hydrogens (tertiary/aromatic N) is 1. The van der Waals surface area contributed by atoms with E-state index in [9.17, 15) is 31.1 Å². The van der Waals surface area contributed by atoms with Crippen molar-refractivity contribution in [2.45, 2.75) is 57.2 Å². The van der Waals surface area contributed by atoms with E-state index in [0.29, 0.717) is 18.2 Å². The quantitative estimate of drug-likeness (QED) is 0.588. The largest absolute Gasteiger partial charge is 0.416 e. The number of allylic oxidation sites excluding steroid dienone is 1. The number of halogens is 6. The predicted octanol–water partition coefficient (Wildman–Crippen LogP) is 4.94. The molecule has 1 aromatic rings. The van der Waals surface area contributed by atoms with Crippen LogP contribution in [0, 0.1) is 5.41 Å². The Morgan fingerprint density at radius 2 is 1.75 bits per heavy atom. The van der Waals surface area contributed by atoms with Crippen molar-refractivity contribution in [3.8, 4) is 0 Å². The zero-order valence-electron chi connectivity index (χ0n) is 17.2. The topological polar surface area (TPSA) is 53.5 Å². The van der Waals surface area contributed by atoms with E-state index in [-0.39, 0.29) is 23.8 Å². The van der Waals surface area contributed by atoms with E-state index in [4.69, 9.17) is 0 Å². The van der Waals surface area contributed by atoms with Gasteiger partial charge in [-0.05, 0) is 35.6 Å². The minimum Gasteiger partial charge on any atom is -0.378 e. The molecule has 4 nitrogen and oxygen atoms in total. The molecule has 2 heterocycles. The highest BCUT2D eigenvalue weighted by molar-refractivity contribution is 5.99. The summed E-state index contributed by atoms with van der Waals surface area (Å²) in [4.78, 5) is 17.2. The van der Waals surface area contributed by atoms with Crippen molar-refractivity contribution in [3.63, 3.8) is 0 Å².